The number of nitrogens with one attached hydrogen (secondary N) is 2. The number of anilines is 1. The quantitative estimate of drug-likeness (QED) is 0.686. The third kappa shape index (κ3) is 6.60. The molecule has 0 bridgehead atoms. The molecule has 0 aliphatic heterocycles. The molecule has 0 aliphatic carbocycles. The summed E-state index contributed by atoms with van der Waals surface area (Å²) >= 11 is 1.53. The van der Waals surface area contributed by atoms with Crippen molar-refractivity contribution in [3.63, 3.8) is 0 Å². The fourth-order valence-electron chi connectivity index (χ4n) is 1.91. The van der Waals surface area contributed by atoms with Crippen LogP contribution in [0.25, 0.3) is 0 Å². The number of halogens is 2. The molecule has 2 aromatic rings. The molecule has 0 radical (unpaired) electrons. The maximum atomic E-state index is 13.0. The Morgan fingerprint density at radius 1 is 1.08 bits per heavy atom. The van der Waals surface area contributed by atoms with Gasteiger partial charge in [-0.1, -0.05) is 0 Å². The van der Waals surface area contributed by atoms with Crippen molar-refractivity contribution in [2.45, 2.75) is 12.8 Å². The van der Waals surface area contributed by atoms with Crippen molar-refractivity contribution >= 4 is 34.8 Å². The second kappa shape index (κ2) is 9.62. The number of ether oxygens (including phenoxy) is 1. The number of carbonyl (C=O) groups is 3. The molecule has 0 fully saturated rings. The fourth-order valence-corrected chi connectivity index (χ4v) is 2.61. The molecule has 26 heavy (non-hydrogen) atoms. The summed E-state index contributed by atoms with van der Waals surface area (Å²) in [7, 11) is 0. The molecule has 9 heteroatoms. The van der Waals surface area contributed by atoms with Gasteiger partial charge >= 0.3 is 5.97 Å². The molecule has 0 atom stereocenters. The summed E-state index contributed by atoms with van der Waals surface area (Å²) in [5, 5.41) is 8.38. The number of carbonyl (C=O) groups excluding carboxylic acids is 3. The SMILES string of the molecule is O=C(COC(=O)CCc1ccsc1)NCC(=O)Nc1ccc(F)c(F)c1. The van der Waals surface area contributed by atoms with Crippen LogP contribution in [0.3, 0.4) is 0 Å². The molecular weight excluding hydrogens is 366 g/mol. The number of thiophene rings is 1. The highest BCUT2D eigenvalue weighted by Gasteiger charge is 2.10. The van der Waals surface area contributed by atoms with Gasteiger partial charge in [-0.25, -0.2) is 8.78 Å². The van der Waals surface area contributed by atoms with Gasteiger partial charge in [-0.05, 0) is 40.9 Å². The largest absolute Gasteiger partial charge is 0.456 e. The first-order chi connectivity index (χ1) is 12.4. The van der Waals surface area contributed by atoms with Crippen molar-refractivity contribution in [1.82, 2.24) is 5.32 Å². The molecule has 138 valence electrons. The van der Waals surface area contributed by atoms with Crippen LogP contribution in [0.1, 0.15) is 12.0 Å². The fraction of sp³-hybridized carbons (Fsp3) is 0.235. The van der Waals surface area contributed by atoms with Crippen LogP contribution in [0.15, 0.2) is 35.0 Å². The molecule has 0 aliphatic rings. The molecule has 6 nitrogen and oxygen atoms in total. The van der Waals surface area contributed by atoms with E-state index in [0.29, 0.717) is 6.42 Å². The van der Waals surface area contributed by atoms with Crippen LogP contribution >= 0.6 is 11.3 Å². The Bertz CT molecular complexity index is 781. The number of hydrogen-bond acceptors (Lipinski definition) is 5. The summed E-state index contributed by atoms with van der Waals surface area (Å²) in [6, 6.07) is 4.78. The topological polar surface area (TPSA) is 84.5 Å². The van der Waals surface area contributed by atoms with Crippen LogP contribution < -0.4 is 10.6 Å². The lowest BCUT2D eigenvalue weighted by atomic mass is 10.2. The Balaban J connectivity index is 1.63. The van der Waals surface area contributed by atoms with Crippen LogP contribution in [0, 0.1) is 11.6 Å². The van der Waals surface area contributed by atoms with E-state index in [2.05, 4.69) is 10.6 Å². The van der Waals surface area contributed by atoms with Gasteiger partial charge in [0, 0.05) is 18.2 Å². The zero-order valence-electron chi connectivity index (χ0n) is 13.6. The monoisotopic (exact) mass is 382 g/mol. The third-order valence-electron chi connectivity index (χ3n) is 3.21. The molecule has 2 N–H and O–H groups in total. The van der Waals surface area contributed by atoms with Crippen LogP contribution in [-0.4, -0.2) is 30.9 Å². The first kappa shape index (κ1) is 19.5. The van der Waals surface area contributed by atoms with Crippen LogP contribution in [0.4, 0.5) is 14.5 Å². The Kier molecular flexibility index (Phi) is 7.22. The number of amides is 2. The van der Waals surface area contributed by atoms with E-state index in [1.54, 1.807) is 0 Å². The van der Waals surface area contributed by atoms with Crippen molar-refractivity contribution in [3.05, 3.63) is 52.2 Å². The van der Waals surface area contributed by atoms with Crippen molar-refractivity contribution in [2.75, 3.05) is 18.5 Å². The molecular formula is C17H16F2N2O4S. The van der Waals surface area contributed by atoms with Crippen LogP contribution in [-0.2, 0) is 25.5 Å². The zero-order valence-corrected chi connectivity index (χ0v) is 14.4. The van der Waals surface area contributed by atoms with Gasteiger partial charge in [0.2, 0.25) is 5.91 Å². The maximum absolute atomic E-state index is 13.0. The van der Waals surface area contributed by atoms with Gasteiger partial charge in [-0.3, -0.25) is 14.4 Å². The van der Waals surface area contributed by atoms with Crippen molar-refractivity contribution in [1.29, 1.82) is 0 Å². The summed E-state index contributed by atoms with van der Waals surface area (Å²) in [4.78, 5) is 34.7. The first-order valence-corrected chi connectivity index (χ1v) is 8.56. The molecule has 1 aromatic carbocycles. The summed E-state index contributed by atoms with van der Waals surface area (Å²) in [6.45, 7) is -0.898. The maximum Gasteiger partial charge on any atom is 0.306 e. The highest BCUT2D eigenvalue weighted by Crippen LogP contribution is 2.12. The predicted molar refractivity (Wildman–Crippen MR) is 91.6 cm³/mol. The summed E-state index contributed by atoms with van der Waals surface area (Å²) in [6.07, 6.45) is 0.682. The van der Waals surface area contributed by atoms with E-state index in [1.807, 2.05) is 16.8 Å². The van der Waals surface area contributed by atoms with Gasteiger partial charge in [-0.15, -0.1) is 0 Å². The number of rotatable bonds is 8. The van der Waals surface area contributed by atoms with Crippen LogP contribution in [0.5, 0.6) is 0 Å². The van der Waals surface area contributed by atoms with Gasteiger partial charge < -0.3 is 15.4 Å². The highest BCUT2D eigenvalue weighted by molar-refractivity contribution is 7.07. The Hall–Kier alpha value is -2.81. The highest BCUT2D eigenvalue weighted by atomic mass is 32.1. The standard InChI is InChI=1S/C17H16F2N2O4S/c18-13-3-2-12(7-14(13)19)21-15(22)8-20-16(23)9-25-17(24)4-1-11-5-6-26-10-11/h2-3,5-7,10H,1,4,8-9H2,(H,20,23)(H,21,22). The van der Waals surface area contributed by atoms with Crippen molar-refractivity contribution in [2.24, 2.45) is 0 Å². The van der Waals surface area contributed by atoms with Gasteiger partial charge in [0.15, 0.2) is 18.2 Å². The minimum Gasteiger partial charge on any atom is -0.456 e. The predicted octanol–water partition coefficient (Wildman–Crippen LogP) is 2.26. The van der Waals surface area contributed by atoms with Crippen molar-refractivity contribution < 1.29 is 27.9 Å². The Morgan fingerprint density at radius 3 is 2.58 bits per heavy atom. The third-order valence-corrected chi connectivity index (χ3v) is 3.94. The van der Waals surface area contributed by atoms with E-state index < -0.39 is 42.6 Å². The van der Waals surface area contributed by atoms with E-state index in [9.17, 15) is 23.2 Å². The lowest BCUT2D eigenvalue weighted by Crippen LogP contribution is -2.35. The lowest BCUT2D eigenvalue weighted by Gasteiger charge is -2.08. The van der Waals surface area contributed by atoms with Gasteiger partial charge in [-0.2, -0.15) is 11.3 Å². The smallest absolute Gasteiger partial charge is 0.306 e. The van der Waals surface area contributed by atoms with E-state index >= 15 is 0 Å². The van der Waals surface area contributed by atoms with E-state index in [4.69, 9.17) is 4.74 Å². The zero-order chi connectivity index (χ0) is 18.9. The van der Waals surface area contributed by atoms with Gasteiger partial charge in [0.05, 0.1) is 6.54 Å². The number of esters is 1. The summed E-state index contributed by atoms with van der Waals surface area (Å²) in [5.41, 5.74) is 1.08. The number of benzene rings is 1. The molecule has 2 amide bonds. The van der Waals surface area contributed by atoms with Gasteiger partial charge in [0.1, 0.15) is 0 Å². The van der Waals surface area contributed by atoms with Crippen molar-refractivity contribution in [3.8, 4) is 0 Å². The number of aryl methyl sites for hydroxylation is 1. The molecule has 1 aromatic heterocycles. The Labute approximate surface area is 152 Å². The van der Waals surface area contributed by atoms with E-state index in [0.717, 1.165) is 17.7 Å². The minimum atomic E-state index is -1.10. The molecule has 0 saturated carbocycles. The average Bonchev–Trinajstić information content (AvgIpc) is 3.13. The molecule has 0 saturated heterocycles. The van der Waals surface area contributed by atoms with Crippen LogP contribution in [0.2, 0.25) is 0 Å². The van der Waals surface area contributed by atoms with E-state index in [-0.39, 0.29) is 12.1 Å². The number of hydrogen-bond donors (Lipinski definition) is 2. The minimum absolute atomic E-state index is 0.0583. The first-order valence-electron chi connectivity index (χ1n) is 7.62. The second-order valence-corrected chi connectivity index (χ2v) is 6.03. The second-order valence-electron chi connectivity index (χ2n) is 5.25. The summed E-state index contributed by atoms with van der Waals surface area (Å²) in [5.74, 6) is -3.92. The average molecular weight is 382 g/mol. The Morgan fingerprint density at radius 2 is 1.88 bits per heavy atom. The van der Waals surface area contributed by atoms with E-state index in [1.165, 1.54) is 17.4 Å². The lowest BCUT2D eigenvalue weighted by molar-refractivity contribution is -0.148. The normalized spacial score (nSPS) is 10.2. The molecule has 1 heterocycles. The summed E-state index contributed by atoms with van der Waals surface area (Å²) < 4.78 is 30.6. The molecule has 0 spiro atoms. The molecule has 0 unspecified atom stereocenters. The molecule has 2 rings (SSSR count). The van der Waals surface area contributed by atoms with Gasteiger partial charge in [0.25, 0.3) is 5.91 Å².